The van der Waals surface area contributed by atoms with Gasteiger partial charge in [0.05, 0.1) is 19.8 Å². The number of amides is 2. The molecule has 0 saturated carbocycles. The van der Waals surface area contributed by atoms with Crippen LogP contribution in [-0.2, 0) is 14.3 Å². The number of nitrogens with zero attached hydrogens (tertiary/aromatic N) is 3. The van der Waals surface area contributed by atoms with Gasteiger partial charge in [-0.15, -0.1) is 24.8 Å². The van der Waals surface area contributed by atoms with Crippen molar-refractivity contribution in [3.8, 4) is 0 Å². The van der Waals surface area contributed by atoms with Gasteiger partial charge in [0.25, 0.3) is 0 Å². The van der Waals surface area contributed by atoms with Crippen LogP contribution in [0.5, 0.6) is 0 Å². The number of piperazine rings is 1. The van der Waals surface area contributed by atoms with Gasteiger partial charge < -0.3 is 19.9 Å². The van der Waals surface area contributed by atoms with Crippen LogP contribution in [0.25, 0.3) is 0 Å². The molecule has 0 aromatic rings. The van der Waals surface area contributed by atoms with Crippen molar-refractivity contribution in [3.05, 3.63) is 0 Å². The molecule has 24 heavy (non-hydrogen) atoms. The lowest BCUT2D eigenvalue weighted by Crippen LogP contribution is -2.53. The fraction of sp³-hybridized carbons (Fsp3) is 0.867. The number of rotatable bonds is 6. The first-order valence-corrected chi connectivity index (χ1v) is 8.21. The molecule has 0 bridgehead atoms. The second kappa shape index (κ2) is 12.7. The maximum Gasteiger partial charge on any atom is 0.236 e. The average Bonchev–Trinajstić information content (AvgIpc) is 2.56. The number of hydrogen-bond donors (Lipinski definition) is 1. The summed E-state index contributed by atoms with van der Waals surface area (Å²) in [6, 6.07) is 0. The third-order valence-electron chi connectivity index (χ3n) is 4.27. The third-order valence-corrected chi connectivity index (χ3v) is 4.27. The molecule has 0 atom stereocenters. The molecule has 142 valence electrons. The highest BCUT2D eigenvalue weighted by Crippen LogP contribution is 2.07. The molecule has 0 aliphatic carbocycles. The summed E-state index contributed by atoms with van der Waals surface area (Å²) in [4.78, 5) is 30.2. The van der Waals surface area contributed by atoms with Gasteiger partial charge in [-0.25, -0.2) is 0 Å². The summed E-state index contributed by atoms with van der Waals surface area (Å²) in [5.41, 5.74) is 0. The second-order valence-electron chi connectivity index (χ2n) is 5.86. The normalized spacial score (nSPS) is 18.5. The molecule has 0 aromatic heterocycles. The van der Waals surface area contributed by atoms with Crippen molar-refractivity contribution in [1.29, 1.82) is 0 Å². The van der Waals surface area contributed by atoms with E-state index in [1.165, 1.54) is 0 Å². The number of ether oxygens (including phenoxy) is 1. The second-order valence-corrected chi connectivity index (χ2v) is 5.86. The van der Waals surface area contributed by atoms with Crippen molar-refractivity contribution in [1.82, 2.24) is 20.0 Å². The van der Waals surface area contributed by atoms with Crippen LogP contribution in [0.3, 0.4) is 0 Å². The smallest absolute Gasteiger partial charge is 0.236 e. The highest BCUT2D eigenvalue weighted by Gasteiger charge is 2.25. The molecule has 9 heteroatoms. The third kappa shape index (κ3) is 7.53. The Morgan fingerprint density at radius 2 is 1.46 bits per heavy atom. The fourth-order valence-electron chi connectivity index (χ4n) is 2.83. The molecule has 2 amide bonds. The van der Waals surface area contributed by atoms with Crippen LogP contribution < -0.4 is 5.32 Å². The van der Waals surface area contributed by atoms with E-state index in [-0.39, 0.29) is 36.6 Å². The van der Waals surface area contributed by atoms with Crippen molar-refractivity contribution in [3.63, 3.8) is 0 Å². The molecule has 2 saturated heterocycles. The van der Waals surface area contributed by atoms with E-state index in [1.54, 1.807) is 0 Å². The molecular weight excluding hydrogens is 355 g/mol. The molecule has 0 spiro atoms. The zero-order valence-electron chi connectivity index (χ0n) is 14.4. The Kier molecular flexibility index (Phi) is 12.4. The van der Waals surface area contributed by atoms with Crippen LogP contribution in [0.15, 0.2) is 0 Å². The number of hydrogen-bond acceptors (Lipinski definition) is 5. The molecule has 1 N–H and O–H groups in total. The Morgan fingerprint density at radius 1 is 0.917 bits per heavy atom. The van der Waals surface area contributed by atoms with E-state index >= 15 is 0 Å². The first kappa shape index (κ1) is 23.4. The van der Waals surface area contributed by atoms with Crippen LogP contribution in [0.2, 0.25) is 0 Å². The number of halogens is 2. The Labute approximate surface area is 156 Å². The Morgan fingerprint density at radius 3 is 2.00 bits per heavy atom. The van der Waals surface area contributed by atoms with E-state index in [9.17, 15) is 9.59 Å². The molecule has 2 rings (SSSR count). The number of carbonyl (C=O) groups is 2. The minimum Gasteiger partial charge on any atom is -0.379 e. The lowest BCUT2D eigenvalue weighted by atomic mass is 10.2. The van der Waals surface area contributed by atoms with Crippen LogP contribution in [0.1, 0.15) is 12.8 Å². The molecule has 0 unspecified atom stereocenters. The standard InChI is InChI=1S/C15H28N4O3.2ClH/c1-16-4-2-3-14(20)18-5-7-19(8-6-18)15(21)13-17-9-11-22-12-10-17;;/h16H,2-13H2,1H3;2*1H. The molecule has 7 nitrogen and oxygen atoms in total. The Hall–Kier alpha value is -0.600. The van der Waals surface area contributed by atoms with Crippen molar-refractivity contribution in [2.45, 2.75) is 12.8 Å². The fourth-order valence-corrected chi connectivity index (χ4v) is 2.83. The van der Waals surface area contributed by atoms with E-state index in [4.69, 9.17) is 4.74 Å². The van der Waals surface area contributed by atoms with Gasteiger partial charge in [-0.1, -0.05) is 0 Å². The van der Waals surface area contributed by atoms with Gasteiger partial charge in [0, 0.05) is 45.7 Å². The summed E-state index contributed by atoms with van der Waals surface area (Å²) >= 11 is 0. The van der Waals surface area contributed by atoms with Gasteiger partial charge in [-0.05, 0) is 20.0 Å². The monoisotopic (exact) mass is 384 g/mol. The van der Waals surface area contributed by atoms with Crippen molar-refractivity contribution >= 4 is 36.6 Å². The highest BCUT2D eigenvalue weighted by molar-refractivity contribution is 5.85. The summed E-state index contributed by atoms with van der Waals surface area (Å²) in [7, 11) is 1.89. The van der Waals surface area contributed by atoms with E-state index in [1.807, 2.05) is 16.8 Å². The lowest BCUT2D eigenvalue weighted by molar-refractivity contribution is -0.140. The van der Waals surface area contributed by atoms with Crippen LogP contribution in [-0.4, -0.2) is 99.1 Å². The molecule has 0 aromatic carbocycles. The highest BCUT2D eigenvalue weighted by atomic mass is 35.5. The predicted octanol–water partition coefficient (Wildman–Crippen LogP) is -0.167. The van der Waals surface area contributed by atoms with Gasteiger partial charge in [0.15, 0.2) is 0 Å². The summed E-state index contributed by atoms with van der Waals surface area (Å²) < 4.78 is 5.29. The first-order chi connectivity index (χ1) is 10.7. The molecular formula is C15H30Cl2N4O3. The van der Waals surface area contributed by atoms with Crippen LogP contribution >= 0.6 is 24.8 Å². The van der Waals surface area contributed by atoms with E-state index in [0.29, 0.717) is 52.4 Å². The molecule has 2 heterocycles. The van der Waals surface area contributed by atoms with Gasteiger partial charge >= 0.3 is 0 Å². The maximum absolute atomic E-state index is 12.3. The SMILES string of the molecule is CNCCCC(=O)N1CCN(C(=O)CN2CCOCC2)CC1.Cl.Cl. The first-order valence-electron chi connectivity index (χ1n) is 8.21. The Balaban J connectivity index is 0.00000264. The van der Waals surface area contributed by atoms with Crippen molar-refractivity contribution in [2.24, 2.45) is 0 Å². The lowest BCUT2D eigenvalue weighted by Gasteiger charge is -2.36. The Bertz CT molecular complexity index is 374. The number of morpholine rings is 1. The van der Waals surface area contributed by atoms with E-state index in [2.05, 4.69) is 10.2 Å². The molecule has 2 fully saturated rings. The summed E-state index contributed by atoms with van der Waals surface area (Å²) in [5, 5.41) is 3.05. The van der Waals surface area contributed by atoms with Crippen LogP contribution in [0, 0.1) is 0 Å². The molecule has 2 aliphatic heterocycles. The zero-order valence-corrected chi connectivity index (χ0v) is 16.0. The van der Waals surface area contributed by atoms with E-state index in [0.717, 1.165) is 26.1 Å². The predicted molar refractivity (Wildman–Crippen MR) is 98.1 cm³/mol. The van der Waals surface area contributed by atoms with Crippen molar-refractivity contribution < 1.29 is 14.3 Å². The van der Waals surface area contributed by atoms with Gasteiger partial charge in [0.2, 0.25) is 11.8 Å². The van der Waals surface area contributed by atoms with Gasteiger partial charge in [-0.2, -0.15) is 0 Å². The number of carbonyl (C=O) groups excluding carboxylic acids is 2. The quantitative estimate of drug-likeness (QED) is 0.644. The maximum atomic E-state index is 12.3. The minimum atomic E-state index is 0. The molecule has 0 radical (unpaired) electrons. The summed E-state index contributed by atoms with van der Waals surface area (Å²) in [5.74, 6) is 0.375. The van der Waals surface area contributed by atoms with Crippen molar-refractivity contribution in [2.75, 3.05) is 72.6 Å². The largest absolute Gasteiger partial charge is 0.379 e. The van der Waals surface area contributed by atoms with E-state index < -0.39 is 0 Å². The number of nitrogens with one attached hydrogen (secondary N) is 1. The molecule has 2 aliphatic rings. The summed E-state index contributed by atoms with van der Waals surface area (Å²) in [6.07, 6.45) is 1.45. The average molecular weight is 385 g/mol. The van der Waals surface area contributed by atoms with Gasteiger partial charge in [-0.3, -0.25) is 14.5 Å². The van der Waals surface area contributed by atoms with Gasteiger partial charge in [0.1, 0.15) is 0 Å². The van der Waals surface area contributed by atoms with Crippen LogP contribution in [0.4, 0.5) is 0 Å². The minimum absolute atomic E-state index is 0. The summed E-state index contributed by atoms with van der Waals surface area (Å²) in [6.45, 7) is 7.04. The zero-order chi connectivity index (χ0) is 15.8. The topological polar surface area (TPSA) is 65.1 Å².